The van der Waals surface area contributed by atoms with Crippen molar-refractivity contribution in [2.45, 2.75) is 25.4 Å². The summed E-state index contributed by atoms with van der Waals surface area (Å²) in [6, 6.07) is 7.81. The third-order valence-electron chi connectivity index (χ3n) is 2.40. The van der Waals surface area contributed by atoms with E-state index in [4.69, 9.17) is 15.7 Å². The number of nitriles is 1. The summed E-state index contributed by atoms with van der Waals surface area (Å²) in [5.74, 6) is 0.919. The molecule has 0 radical (unpaired) electrons. The maximum absolute atomic E-state index is 8.46. The lowest BCUT2D eigenvalue weighted by Gasteiger charge is -2.06. The molecule has 1 aromatic rings. The summed E-state index contributed by atoms with van der Waals surface area (Å²) in [7, 11) is 0. The van der Waals surface area contributed by atoms with Gasteiger partial charge in [-0.3, -0.25) is 0 Å². The van der Waals surface area contributed by atoms with Gasteiger partial charge in [-0.1, -0.05) is 0 Å². The van der Waals surface area contributed by atoms with Crippen LogP contribution in [0.2, 0.25) is 0 Å². The summed E-state index contributed by atoms with van der Waals surface area (Å²) in [6.07, 6.45) is 2.38. The quantitative estimate of drug-likeness (QED) is 0.721. The number of rotatable bonds is 2. The zero-order chi connectivity index (χ0) is 9.97. The highest BCUT2D eigenvalue weighted by Crippen LogP contribution is 2.31. The molecule has 1 heterocycles. The van der Waals surface area contributed by atoms with Crippen LogP contribution in [-0.2, 0) is 6.42 Å². The molecule has 1 aliphatic heterocycles. The van der Waals surface area contributed by atoms with Crippen molar-refractivity contribution < 1.29 is 4.74 Å². The van der Waals surface area contributed by atoms with E-state index < -0.39 is 0 Å². The van der Waals surface area contributed by atoms with Crippen molar-refractivity contribution in [2.24, 2.45) is 0 Å². The van der Waals surface area contributed by atoms with Gasteiger partial charge in [-0.25, -0.2) is 0 Å². The monoisotopic (exact) mass is 188 g/mol. The first kappa shape index (κ1) is 8.89. The number of ether oxygens (including phenoxy) is 1. The molecular weight excluding hydrogens is 176 g/mol. The second-order valence-electron chi connectivity index (χ2n) is 3.51. The van der Waals surface area contributed by atoms with E-state index in [0.29, 0.717) is 6.42 Å². The smallest absolute Gasteiger partial charge is 0.123 e. The summed E-state index contributed by atoms with van der Waals surface area (Å²) in [5.41, 5.74) is 7.60. The Morgan fingerprint density at radius 1 is 1.57 bits per heavy atom. The third-order valence-corrected chi connectivity index (χ3v) is 2.40. The maximum atomic E-state index is 8.46. The number of nitrogen functional groups attached to an aromatic ring is 1. The van der Waals surface area contributed by atoms with Crippen LogP contribution in [0.25, 0.3) is 0 Å². The fourth-order valence-corrected chi connectivity index (χ4v) is 1.73. The van der Waals surface area contributed by atoms with E-state index in [0.717, 1.165) is 29.8 Å². The normalized spacial score (nSPS) is 18.4. The van der Waals surface area contributed by atoms with E-state index in [9.17, 15) is 0 Å². The highest BCUT2D eigenvalue weighted by Gasteiger charge is 2.22. The van der Waals surface area contributed by atoms with Gasteiger partial charge in [0.1, 0.15) is 11.9 Å². The molecular formula is C11H12N2O. The van der Waals surface area contributed by atoms with Crippen molar-refractivity contribution >= 4 is 5.69 Å². The second kappa shape index (κ2) is 3.59. The minimum atomic E-state index is 0.159. The van der Waals surface area contributed by atoms with Crippen molar-refractivity contribution in [3.8, 4) is 11.8 Å². The number of nitrogens with zero attached hydrogens (tertiary/aromatic N) is 1. The molecule has 72 valence electrons. The summed E-state index contributed by atoms with van der Waals surface area (Å²) in [5, 5.41) is 8.46. The zero-order valence-corrected chi connectivity index (χ0v) is 7.86. The SMILES string of the molecule is N#CCCC1Cc2cc(N)ccc2O1. The first-order chi connectivity index (χ1) is 6.79. The molecule has 0 amide bonds. The fraction of sp³-hybridized carbons (Fsp3) is 0.364. The number of anilines is 1. The molecule has 1 unspecified atom stereocenters. The van der Waals surface area contributed by atoms with E-state index >= 15 is 0 Å². The number of fused-ring (bicyclic) bond motifs is 1. The molecule has 0 fully saturated rings. The Balaban J connectivity index is 2.07. The van der Waals surface area contributed by atoms with E-state index in [1.165, 1.54) is 0 Å². The minimum Gasteiger partial charge on any atom is -0.490 e. The Morgan fingerprint density at radius 2 is 2.43 bits per heavy atom. The molecule has 0 aromatic heterocycles. The number of benzene rings is 1. The molecule has 3 nitrogen and oxygen atoms in total. The van der Waals surface area contributed by atoms with Crippen LogP contribution in [0.3, 0.4) is 0 Å². The number of hydrogen-bond acceptors (Lipinski definition) is 3. The van der Waals surface area contributed by atoms with Crippen LogP contribution in [0, 0.1) is 11.3 Å². The molecule has 3 heteroatoms. The fourth-order valence-electron chi connectivity index (χ4n) is 1.73. The Hall–Kier alpha value is -1.69. The van der Waals surface area contributed by atoms with Gasteiger partial charge in [0.15, 0.2) is 0 Å². The summed E-state index contributed by atoms with van der Waals surface area (Å²) in [4.78, 5) is 0. The highest BCUT2D eigenvalue weighted by molar-refractivity contribution is 5.49. The standard InChI is InChI=1S/C11H12N2O/c12-5-1-2-10-7-8-6-9(13)3-4-11(8)14-10/h3-4,6,10H,1-2,7,13H2. The Morgan fingerprint density at radius 3 is 3.21 bits per heavy atom. The van der Waals surface area contributed by atoms with Crippen LogP contribution in [0.4, 0.5) is 5.69 Å². The van der Waals surface area contributed by atoms with Crippen LogP contribution in [-0.4, -0.2) is 6.10 Å². The Labute approximate surface area is 83.1 Å². The summed E-state index contributed by atoms with van der Waals surface area (Å²) in [6.45, 7) is 0. The van der Waals surface area contributed by atoms with Gasteiger partial charge in [0.2, 0.25) is 0 Å². The predicted molar refractivity (Wildman–Crippen MR) is 53.8 cm³/mol. The van der Waals surface area contributed by atoms with Gasteiger partial charge >= 0.3 is 0 Å². The molecule has 2 rings (SSSR count). The van der Waals surface area contributed by atoms with Crippen LogP contribution in [0.5, 0.6) is 5.75 Å². The second-order valence-corrected chi connectivity index (χ2v) is 3.51. The first-order valence-corrected chi connectivity index (χ1v) is 4.71. The van der Waals surface area contributed by atoms with E-state index in [-0.39, 0.29) is 6.10 Å². The lowest BCUT2D eigenvalue weighted by molar-refractivity contribution is 0.223. The molecule has 0 bridgehead atoms. The van der Waals surface area contributed by atoms with Crippen molar-refractivity contribution in [2.75, 3.05) is 5.73 Å². The van der Waals surface area contributed by atoms with Crippen molar-refractivity contribution in [1.29, 1.82) is 5.26 Å². The van der Waals surface area contributed by atoms with Gasteiger partial charge in [0.25, 0.3) is 0 Å². The molecule has 2 N–H and O–H groups in total. The predicted octanol–water partition coefficient (Wildman–Crippen LogP) is 1.88. The molecule has 1 atom stereocenters. The molecule has 0 saturated heterocycles. The van der Waals surface area contributed by atoms with E-state index in [1.807, 2.05) is 18.2 Å². The van der Waals surface area contributed by atoms with Crippen molar-refractivity contribution in [3.05, 3.63) is 23.8 Å². The van der Waals surface area contributed by atoms with Gasteiger partial charge in [0.05, 0.1) is 6.07 Å². The van der Waals surface area contributed by atoms with Gasteiger partial charge in [-0.15, -0.1) is 0 Å². The van der Waals surface area contributed by atoms with E-state index in [2.05, 4.69) is 6.07 Å². The highest BCUT2D eigenvalue weighted by atomic mass is 16.5. The van der Waals surface area contributed by atoms with Crippen LogP contribution >= 0.6 is 0 Å². The minimum absolute atomic E-state index is 0.159. The van der Waals surface area contributed by atoms with Gasteiger partial charge in [-0.05, 0) is 30.2 Å². The Bertz CT molecular complexity index is 381. The van der Waals surface area contributed by atoms with Gasteiger partial charge in [-0.2, -0.15) is 5.26 Å². The van der Waals surface area contributed by atoms with Gasteiger partial charge in [0, 0.05) is 18.5 Å². The lowest BCUT2D eigenvalue weighted by atomic mass is 10.1. The first-order valence-electron chi connectivity index (χ1n) is 4.71. The maximum Gasteiger partial charge on any atom is 0.123 e. The molecule has 14 heavy (non-hydrogen) atoms. The van der Waals surface area contributed by atoms with Crippen molar-refractivity contribution in [1.82, 2.24) is 0 Å². The molecule has 1 aromatic carbocycles. The topological polar surface area (TPSA) is 59.0 Å². The van der Waals surface area contributed by atoms with Crippen LogP contribution in [0.15, 0.2) is 18.2 Å². The molecule has 0 aliphatic carbocycles. The van der Waals surface area contributed by atoms with E-state index in [1.54, 1.807) is 0 Å². The molecule has 0 spiro atoms. The summed E-state index contributed by atoms with van der Waals surface area (Å²) < 4.78 is 5.66. The number of hydrogen-bond donors (Lipinski definition) is 1. The van der Waals surface area contributed by atoms with Crippen LogP contribution < -0.4 is 10.5 Å². The zero-order valence-electron chi connectivity index (χ0n) is 7.86. The Kier molecular flexibility index (Phi) is 2.28. The average Bonchev–Trinajstić information content (AvgIpc) is 2.56. The molecule has 0 saturated carbocycles. The lowest BCUT2D eigenvalue weighted by Crippen LogP contribution is -2.11. The third kappa shape index (κ3) is 1.64. The molecule has 1 aliphatic rings. The van der Waals surface area contributed by atoms with Crippen LogP contribution in [0.1, 0.15) is 18.4 Å². The summed E-state index contributed by atoms with van der Waals surface area (Å²) >= 11 is 0. The average molecular weight is 188 g/mol. The largest absolute Gasteiger partial charge is 0.490 e. The van der Waals surface area contributed by atoms with Gasteiger partial charge < -0.3 is 10.5 Å². The van der Waals surface area contributed by atoms with Crippen molar-refractivity contribution in [3.63, 3.8) is 0 Å². The number of nitrogens with two attached hydrogens (primary N) is 1.